The molecule has 1 aromatic carbocycles. The molecule has 0 aliphatic rings. The van der Waals surface area contributed by atoms with Gasteiger partial charge in [-0.2, -0.15) is 11.8 Å². The number of benzene rings is 1. The molecule has 3 N–H and O–H groups in total. The molecule has 4 nitrogen and oxygen atoms in total. The Kier molecular flexibility index (Phi) is 8.35. The van der Waals surface area contributed by atoms with Gasteiger partial charge in [0.1, 0.15) is 5.75 Å². The second-order valence-electron chi connectivity index (χ2n) is 5.89. The number of hydrogen-bond donors (Lipinski definition) is 2. The molecule has 1 aromatic rings. The third-order valence-electron chi connectivity index (χ3n) is 3.38. The fourth-order valence-corrected chi connectivity index (χ4v) is 2.34. The number of amides is 1. The first-order chi connectivity index (χ1) is 10.4. The van der Waals surface area contributed by atoms with Gasteiger partial charge in [-0.3, -0.25) is 4.79 Å². The molecular weight excluding hydrogens is 296 g/mol. The van der Waals surface area contributed by atoms with E-state index < -0.39 is 6.04 Å². The van der Waals surface area contributed by atoms with Gasteiger partial charge >= 0.3 is 0 Å². The summed E-state index contributed by atoms with van der Waals surface area (Å²) < 4.78 is 5.81. The topological polar surface area (TPSA) is 64.4 Å². The Labute approximate surface area is 138 Å². The van der Waals surface area contributed by atoms with Crippen molar-refractivity contribution in [2.24, 2.45) is 11.7 Å². The third-order valence-corrected chi connectivity index (χ3v) is 4.02. The summed E-state index contributed by atoms with van der Waals surface area (Å²) in [5.41, 5.74) is 7.67. The van der Waals surface area contributed by atoms with Gasteiger partial charge in [-0.1, -0.05) is 19.9 Å². The number of nitrogens with one attached hydrogen (secondary N) is 1. The molecule has 124 valence electrons. The van der Waals surface area contributed by atoms with Gasteiger partial charge in [0.25, 0.3) is 0 Å². The first-order valence-electron chi connectivity index (χ1n) is 7.73. The van der Waals surface area contributed by atoms with Gasteiger partial charge in [-0.05, 0) is 49.3 Å². The summed E-state index contributed by atoms with van der Waals surface area (Å²) in [6.07, 6.45) is 3.69. The highest BCUT2D eigenvalue weighted by molar-refractivity contribution is 7.98. The summed E-state index contributed by atoms with van der Waals surface area (Å²) in [4.78, 5) is 12.0. The fraction of sp³-hybridized carbons (Fsp3) is 0.588. The molecule has 0 unspecified atom stereocenters. The van der Waals surface area contributed by atoms with Crippen LogP contribution < -0.4 is 15.8 Å². The number of thioether (sulfide) groups is 1. The lowest BCUT2D eigenvalue weighted by Crippen LogP contribution is -2.36. The van der Waals surface area contributed by atoms with Crippen LogP contribution in [0.15, 0.2) is 18.2 Å². The van der Waals surface area contributed by atoms with Crippen LogP contribution in [-0.4, -0.2) is 30.6 Å². The maximum atomic E-state index is 12.0. The van der Waals surface area contributed by atoms with Crippen LogP contribution in [0.25, 0.3) is 0 Å². The van der Waals surface area contributed by atoms with Crippen molar-refractivity contribution >= 4 is 23.4 Å². The minimum absolute atomic E-state index is 0.147. The van der Waals surface area contributed by atoms with E-state index in [2.05, 4.69) is 19.2 Å². The molecule has 22 heavy (non-hydrogen) atoms. The van der Waals surface area contributed by atoms with E-state index in [4.69, 9.17) is 10.5 Å². The van der Waals surface area contributed by atoms with E-state index in [-0.39, 0.29) is 5.91 Å². The lowest BCUT2D eigenvalue weighted by molar-refractivity contribution is -0.117. The van der Waals surface area contributed by atoms with E-state index >= 15 is 0 Å². The number of carbonyl (C=O) groups excluding carboxylic acids is 1. The minimum atomic E-state index is -0.473. The molecule has 0 aromatic heterocycles. The van der Waals surface area contributed by atoms with Crippen molar-refractivity contribution in [2.75, 3.05) is 23.9 Å². The number of rotatable bonds is 9. The predicted molar refractivity (Wildman–Crippen MR) is 95.7 cm³/mol. The number of nitrogens with two attached hydrogens (primary N) is 1. The number of hydrogen-bond acceptors (Lipinski definition) is 4. The minimum Gasteiger partial charge on any atom is -0.493 e. The lowest BCUT2D eigenvalue weighted by atomic mass is 10.1. The summed E-state index contributed by atoms with van der Waals surface area (Å²) in [6.45, 7) is 7.02. The molecule has 0 bridgehead atoms. The van der Waals surface area contributed by atoms with E-state index in [1.165, 1.54) is 0 Å². The maximum Gasteiger partial charge on any atom is 0.241 e. The van der Waals surface area contributed by atoms with Crippen molar-refractivity contribution in [1.82, 2.24) is 0 Å². The van der Waals surface area contributed by atoms with E-state index in [9.17, 15) is 4.79 Å². The van der Waals surface area contributed by atoms with E-state index in [1.54, 1.807) is 11.8 Å². The van der Waals surface area contributed by atoms with Crippen LogP contribution in [-0.2, 0) is 4.79 Å². The number of anilines is 1. The second kappa shape index (κ2) is 9.74. The molecular formula is C17H28N2O2S. The second-order valence-corrected chi connectivity index (χ2v) is 6.87. The standard InChI is InChI=1S/C17H28N2O2S/c1-12(2)7-9-21-16-11-14(6-5-13(16)3)19-17(20)15(18)8-10-22-4/h5-6,11-12,15H,7-10,18H2,1-4H3,(H,19,20)/t15-/m0/s1. The highest BCUT2D eigenvalue weighted by Crippen LogP contribution is 2.23. The van der Waals surface area contributed by atoms with E-state index in [0.717, 1.165) is 29.2 Å². The van der Waals surface area contributed by atoms with Gasteiger partial charge in [0.05, 0.1) is 12.6 Å². The molecule has 0 radical (unpaired) electrons. The summed E-state index contributed by atoms with van der Waals surface area (Å²) in [5, 5.41) is 2.86. The fourth-order valence-electron chi connectivity index (χ4n) is 1.85. The molecule has 0 heterocycles. The summed E-state index contributed by atoms with van der Waals surface area (Å²) >= 11 is 1.69. The van der Waals surface area contributed by atoms with Gasteiger partial charge in [-0.25, -0.2) is 0 Å². The van der Waals surface area contributed by atoms with Gasteiger partial charge < -0.3 is 15.8 Å². The third kappa shape index (κ3) is 6.71. The van der Waals surface area contributed by atoms with Crippen LogP contribution in [0.5, 0.6) is 5.75 Å². The van der Waals surface area contributed by atoms with Crippen molar-refractivity contribution in [1.29, 1.82) is 0 Å². The Hall–Kier alpha value is -1.20. The Morgan fingerprint density at radius 1 is 1.36 bits per heavy atom. The average molecular weight is 324 g/mol. The summed E-state index contributed by atoms with van der Waals surface area (Å²) in [5.74, 6) is 2.16. The largest absolute Gasteiger partial charge is 0.493 e. The first kappa shape index (κ1) is 18.8. The summed E-state index contributed by atoms with van der Waals surface area (Å²) in [7, 11) is 0. The number of carbonyl (C=O) groups is 1. The lowest BCUT2D eigenvalue weighted by Gasteiger charge is -2.14. The molecule has 0 saturated carbocycles. The van der Waals surface area contributed by atoms with Crippen LogP contribution in [0.3, 0.4) is 0 Å². The summed E-state index contributed by atoms with van der Waals surface area (Å²) in [6, 6.07) is 5.23. The Balaban J connectivity index is 2.62. The number of ether oxygens (including phenoxy) is 1. The zero-order chi connectivity index (χ0) is 16.5. The molecule has 0 fully saturated rings. The smallest absolute Gasteiger partial charge is 0.241 e. The average Bonchev–Trinajstić information content (AvgIpc) is 2.47. The quantitative estimate of drug-likeness (QED) is 0.730. The van der Waals surface area contributed by atoms with E-state index in [0.29, 0.717) is 18.9 Å². The monoisotopic (exact) mass is 324 g/mol. The van der Waals surface area contributed by atoms with Gasteiger partial charge in [0.2, 0.25) is 5.91 Å². The van der Waals surface area contributed by atoms with Gasteiger partial charge in [0.15, 0.2) is 0 Å². The molecule has 0 aliphatic carbocycles. The molecule has 1 atom stereocenters. The van der Waals surface area contributed by atoms with Crippen molar-refractivity contribution in [3.05, 3.63) is 23.8 Å². The van der Waals surface area contributed by atoms with Crippen LogP contribution in [0, 0.1) is 12.8 Å². The zero-order valence-corrected chi connectivity index (χ0v) is 14.8. The zero-order valence-electron chi connectivity index (χ0n) is 14.0. The van der Waals surface area contributed by atoms with Gasteiger partial charge in [0, 0.05) is 11.8 Å². The molecule has 1 amide bonds. The SMILES string of the molecule is CSCC[C@H](N)C(=O)Nc1ccc(C)c(OCCC(C)C)c1. The van der Waals surface area contributed by atoms with Crippen LogP contribution in [0.1, 0.15) is 32.3 Å². The Morgan fingerprint density at radius 3 is 2.73 bits per heavy atom. The highest BCUT2D eigenvalue weighted by atomic mass is 32.2. The molecule has 5 heteroatoms. The van der Waals surface area contributed by atoms with Crippen molar-refractivity contribution in [3.63, 3.8) is 0 Å². The normalized spacial score (nSPS) is 12.3. The molecule has 1 rings (SSSR count). The maximum absolute atomic E-state index is 12.0. The Morgan fingerprint density at radius 2 is 2.09 bits per heavy atom. The van der Waals surface area contributed by atoms with Crippen molar-refractivity contribution in [2.45, 2.75) is 39.7 Å². The van der Waals surface area contributed by atoms with Crippen LogP contribution >= 0.6 is 11.8 Å². The predicted octanol–water partition coefficient (Wildman–Crippen LogP) is 3.44. The Bertz CT molecular complexity index is 478. The van der Waals surface area contributed by atoms with Crippen molar-refractivity contribution < 1.29 is 9.53 Å². The van der Waals surface area contributed by atoms with Crippen molar-refractivity contribution in [3.8, 4) is 5.75 Å². The highest BCUT2D eigenvalue weighted by Gasteiger charge is 2.13. The van der Waals surface area contributed by atoms with E-state index in [1.807, 2.05) is 31.4 Å². The van der Waals surface area contributed by atoms with Gasteiger partial charge in [-0.15, -0.1) is 0 Å². The molecule has 0 spiro atoms. The first-order valence-corrected chi connectivity index (χ1v) is 9.12. The molecule has 0 saturated heterocycles. The van der Waals surface area contributed by atoms with Crippen LogP contribution in [0.4, 0.5) is 5.69 Å². The van der Waals surface area contributed by atoms with Crippen LogP contribution in [0.2, 0.25) is 0 Å². The number of aryl methyl sites for hydroxylation is 1. The molecule has 0 aliphatic heterocycles.